The van der Waals surface area contributed by atoms with Crippen molar-refractivity contribution in [1.29, 1.82) is 0 Å². The van der Waals surface area contributed by atoms with Crippen molar-refractivity contribution in [3.63, 3.8) is 0 Å². The summed E-state index contributed by atoms with van der Waals surface area (Å²) in [6, 6.07) is 2.99. The van der Waals surface area contributed by atoms with Gasteiger partial charge in [0.25, 0.3) is 0 Å². The van der Waals surface area contributed by atoms with Crippen LogP contribution in [0, 0.1) is 5.82 Å². The Hall–Kier alpha value is -1.96. The van der Waals surface area contributed by atoms with Crippen molar-refractivity contribution in [3.8, 4) is 0 Å². The number of hydrogen-bond donors (Lipinski definition) is 2. The lowest BCUT2D eigenvalue weighted by Crippen LogP contribution is -2.14. The molecule has 0 spiro atoms. The molecule has 1 rings (SSSR count). The van der Waals surface area contributed by atoms with Crippen molar-refractivity contribution in [2.24, 2.45) is 0 Å². The second-order valence-corrected chi connectivity index (χ2v) is 5.87. The third-order valence-electron chi connectivity index (χ3n) is 2.21. The molecular formula is C11H12FNO5S. The van der Waals surface area contributed by atoms with Gasteiger partial charge in [-0.1, -0.05) is 0 Å². The smallest absolute Gasteiger partial charge is 0.303 e. The topological polar surface area (TPSA) is 101 Å². The predicted octanol–water partition coefficient (Wildman–Crippen LogP) is 1.03. The third kappa shape index (κ3) is 4.66. The summed E-state index contributed by atoms with van der Waals surface area (Å²) in [5.41, 5.74) is -0.293. The van der Waals surface area contributed by atoms with E-state index < -0.39 is 27.5 Å². The fraction of sp³-hybridized carbons (Fsp3) is 0.273. The maximum Gasteiger partial charge on any atom is 0.303 e. The largest absolute Gasteiger partial charge is 0.481 e. The summed E-state index contributed by atoms with van der Waals surface area (Å²) in [6.45, 7) is 0. The number of hydrogen-bond acceptors (Lipinski definition) is 4. The number of carboxylic acids is 1. The number of carbonyl (C=O) groups excluding carboxylic acids is 1. The van der Waals surface area contributed by atoms with E-state index in [9.17, 15) is 22.4 Å². The second kappa shape index (κ2) is 5.79. The first-order valence-corrected chi connectivity index (χ1v) is 7.10. The molecule has 0 saturated carbocycles. The zero-order valence-corrected chi connectivity index (χ0v) is 10.8. The number of carboxylic acid groups (broad SMARTS) is 1. The van der Waals surface area contributed by atoms with Crippen LogP contribution in [0.1, 0.15) is 12.8 Å². The molecule has 0 unspecified atom stereocenters. The van der Waals surface area contributed by atoms with Gasteiger partial charge in [0.15, 0.2) is 9.84 Å². The average Bonchev–Trinajstić information content (AvgIpc) is 2.28. The molecule has 0 radical (unpaired) electrons. The molecule has 0 aliphatic carbocycles. The molecule has 19 heavy (non-hydrogen) atoms. The molecule has 1 amide bonds. The lowest BCUT2D eigenvalue weighted by molar-refractivity contribution is -0.138. The van der Waals surface area contributed by atoms with E-state index in [-0.39, 0.29) is 23.4 Å². The van der Waals surface area contributed by atoms with Gasteiger partial charge in [-0.15, -0.1) is 0 Å². The zero-order valence-electron chi connectivity index (χ0n) is 10.0. The normalized spacial score (nSPS) is 11.1. The van der Waals surface area contributed by atoms with E-state index in [1.807, 2.05) is 0 Å². The molecular weight excluding hydrogens is 277 g/mol. The van der Waals surface area contributed by atoms with Crippen LogP contribution in [-0.4, -0.2) is 31.7 Å². The van der Waals surface area contributed by atoms with Crippen molar-refractivity contribution >= 4 is 27.4 Å². The average molecular weight is 289 g/mol. The molecule has 0 aliphatic rings. The van der Waals surface area contributed by atoms with Gasteiger partial charge < -0.3 is 10.4 Å². The summed E-state index contributed by atoms with van der Waals surface area (Å²) in [7, 11) is -3.52. The Labute approximate surface area is 109 Å². The van der Waals surface area contributed by atoms with E-state index in [0.29, 0.717) is 0 Å². The highest BCUT2D eigenvalue weighted by Crippen LogP contribution is 2.19. The summed E-state index contributed by atoms with van der Waals surface area (Å²) in [4.78, 5) is 21.5. The molecule has 1 aromatic rings. The first kappa shape index (κ1) is 15.1. The number of benzene rings is 1. The molecule has 104 valence electrons. The second-order valence-electron chi connectivity index (χ2n) is 3.86. The van der Waals surface area contributed by atoms with Crippen LogP contribution in [0.4, 0.5) is 10.1 Å². The Morgan fingerprint density at radius 1 is 1.32 bits per heavy atom. The van der Waals surface area contributed by atoms with Crippen molar-refractivity contribution in [2.75, 3.05) is 11.6 Å². The van der Waals surface area contributed by atoms with Crippen molar-refractivity contribution in [3.05, 3.63) is 24.0 Å². The zero-order chi connectivity index (χ0) is 14.6. The number of carbonyl (C=O) groups is 2. The van der Waals surface area contributed by atoms with E-state index in [2.05, 4.69) is 5.32 Å². The molecule has 2 N–H and O–H groups in total. The van der Waals surface area contributed by atoms with Crippen LogP contribution >= 0.6 is 0 Å². The number of rotatable bonds is 5. The van der Waals surface area contributed by atoms with Crippen LogP contribution in [-0.2, 0) is 19.4 Å². The number of anilines is 1. The number of nitrogens with one attached hydrogen (secondary N) is 1. The Morgan fingerprint density at radius 2 is 1.95 bits per heavy atom. The highest BCUT2D eigenvalue weighted by atomic mass is 32.2. The van der Waals surface area contributed by atoms with E-state index >= 15 is 0 Å². The van der Waals surface area contributed by atoms with Gasteiger partial charge in [-0.2, -0.15) is 0 Å². The summed E-state index contributed by atoms with van der Waals surface area (Å²) in [5.74, 6) is -2.65. The Morgan fingerprint density at radius 3 is 2.47 bits per heavy atom. The minimum absolute atomic E-state index is 0.137. The summed E-state index contributed by atoms with van der Waals surface area (Å²) in [5, 5.41) is 10.5. The minimum Gasteiger partial charge on any atom is -0.481 e. The molecule has 0 aromatic heterocycles. The van der Waals surface area contributed by atoms with Gasteiger partial charge >= 0.3 is 5.97 Å². The molecule has 0 atom stereocenters. The third-order valence-corrected chi connectivity index (χ3v) is 3.32. The molecule has 1 aromatic carbocycles. The van der Waals surface area contributed by atoms with Crippen LogP contribution in [0.5, 0.6) is 0 Å². The number of aliphatic carboxylic acids is 1. The van der Waals surface area contributed by atoms with Gasteiger partial charge in [0.1, 0.15) is 5.82 Å². The van der Waals surface area contributed by atoms with Gasteiger partial charge in [-0.3, -0.25) is 9.59 Å². The summed E-state index contributed by atoms with van der Waals surface area (Å²) < 4.78 is 36.0. The van der Waals surface area contributed by atoms with Gasteiger partial charge in [-0.25, -0.2) is 12.8 Å². The highest BCUT2D eigenvalue weighted by molar-refractivity contribution is 7.90. The summed E-state index contributed by atoms with van der Waals surface area (Å²) >= 11 is 0. The van der Waals surface area contributed by atoms with Crippen LogP contribution in [0.25, 0.3) is 0 Å². The summed E-state index contributed by atoms with van der Waals surface area (Å²) in [6.07, 6.45) is 0.243. The fourth-order valence-corrected chi connectivity index (χ4v) is 1.91. The first-order valence-electron chi connectivity index (χ1n) is 5.21. The fourth-order valence-electron chi connectivity index (χ4n) is 1.26. The molecule has 0 fully saturated rings. The van der Waals surface area contributed by atoms with Crippen LogP contribution < -0.4 is 5.32 Å². The van der Waals surface area contributed by atoms with Crippen molar-refractivity contribution in [2.45, 2.75) is 17.7 Å². The van der Waals surface area contributed by atoms with E-state index in [0.717, 1.165) is 24.5 Å². The van der Waals surface area contributed by atoms with E-state index in [1.54, 1.807) is 0 Å². The van der Waals surface area contributed by atoms with Crippen molar-refractivity contribution < 1.29 is 27.5 Å². The first-order chi connectivity index (χ1) is 8.70. The number of amides is 1. The quantitative estimate of drug-likeness (QED) is 0.788. The monoisotopic (exact) mass is 289 g/mol. The molecule has 0 saturated heterocycles. The molecule has 0 heterocycles. The lowest BCUT2D eigenvalue weighted by Gasteiger charge is -2.07. The number of halogens is 1. The maximum absolute atomic E-state index is 13.4. The van der Waals surface area contributed by atoms with Crippen LogP contribution in [0.2, 0.25) is 0 Å². The van der Waals surface area contributed by atoms with E-state index in [4.69, 9.17) is 5.11 Å². The van der Waals surface area contributed by atoms with Gasteiger partial charge in [0.05, 0.1) is 17.0 Å². The van der Waals surface area contributed by atoms with E-state index in [1.165, 1.54) is 0 Å². The Kier molecular flexibility index (Phi) is 4.60. The van der Waals surface area contributed by atoms with Crippen LogP contribution in [0.3, 0.4) is 0 Å². The minimum atomic E-state index is -3.52. The highest BCUT2D eigenvalue weighted by Gasteiger charge is 2.13. The standard InChI is InChI=1S/C11H12FNO5S/c1-19(17,18)7-2-3-8(12)9(6-7)13-10(14)4-5-11(15)16/h2-3,6H,4-5H2,1H3,(H,13,14)(H,15,16). The lowest BCUT2D eigenvalue weighted by atomic mass is 10.2. The van der Waals surface area contributed by atoms with Gasteiger partial charge in [-0.05, 0) is 18.2 Å². The Bertz CT molecular complexity index is 612. The maximum atomic E-state index is 13.4. The molecule has 8 heteroatoms. The molecule has 0 bridgehead atoms. The molecule has 0 aliphatic heterocycles. The predicted molar refractivity (Wildman–Crippen MR) is 65.0 cm³/mol. The Balaban J connectivity index is 2.89. The van der Waals surface area contributed by atoms with Gasteiger partial charge in [0, 0.05) is 12.7 Å². The molecule has 6 nitrogen and oxygen atoms in total. The number of sulfone groups is 1. The van der Waals surface area contributed by atoms with Crippen molar-refractivity contribution in [1.82, 2.24) is 0 Å². The van der Waals surface area contributed by atoms with Gasteiger partial charge in [0.2, 0.25) is 5.91 Å². The SMILES string of the molecule is CS(=O)(=O)c1ccc(F)c(NC(=O)CCC(=O)O)c1. The van der Waals surface area contributed by atoms with Crippen LogP contribution in [0.15, 0.2) is 23.1 Å².